The summed E-state index contributed by atoms with van der Waals surface area (Å²) >= 11 is 0. The van der Waals surface area contributed by atoms with Crippen molar-refractivity contribution in [3.8, 4) is 5.75 Å². The molecule has 2 aromatic rings. The van der Waals surface area contributed by atoms with Gasteiger partial charge in [0.2, 0.25) is 11.8 Å². The normalized spacial score (nSPS) is 12.7. The number of benzene rings is 2. The second kappa shape index (κ2) is 12.1. The summed E-state index contributed by atoms with van der Waals surface area (Å²) in [5, 5.41) is 3.05. The number of nitrogens with one attached hydrogen (secondary N) is 1. The van der Waals surface area contributed by atoms with Crippen molar-refractivity contribution in [3.63, 3.8) is 0 Å². The van der Waals surface area contributed by atoms with Crippen molar-refractivity contribution in [1.82, 2.24) is 10.2 Å². The summed E-state index contributed by atoms with van der Waals surface area (Å²) in [6.45, 7) is 8.41. The van der Waals surface area contributed by atoms with Crippen LogP contribution in [0, 0.1) is 6.92 Å². The number of methoxy groups -OCH3 is 1. The van der Waals surface area contributed by atoms with Crippen molar-refractivity contribution in [2.75, 3.05) is 7.11 Å². The third kappa shape index (κ3) is 7.42. The van der Waals surface area contributed by atoms with Crippen LogP contribution >= 0.6 is 0 Å². The van der Waals surface area contributed by atoms with E-state index in [2.05, 4.69) is 29.6 Å². The molecule has 0 aromatic heterocycles. The summed E-state index contributed by atoms with van der Waals surface area (Å²) in [4.78, 5) is 28.0. The maximum atomic E-state index is 13.3. The first kappa shape index (κ1) is 24.4. The second-order valence-corrected chi connectivity index (χ2v) is 8.10. The molecule has 0 saturated carbocycles. The van der Waals surface area contributed by atoms with Crippen molar-refractivity contribution in [3.05, 3.63) is 65.2 Å². The molecule has 0 aliphatic heterocycles. The standard InChI is InChI=1S/C26H36N2O3/c1-6-20(4)27-26(30)24(7-2)28(18-22-12-15-23(31-5)16-13-22)25(29)17-14-21-10-8-19(3)9-11-21/h8-13,15-16,20,24H,6-7,14,17-18H2,1-5H3,(H,27,30)/t20-,24-/m0/s1. The molecule has 0 heterocycles. The summed E-state index contributed by atoms with van der Waals surface area (Å²) in [7, 11) is 1.63. The van der Waals surface area contributed by atoms with E-state index < -0.39 is 6.04 Å². The van der Waals surface area contributed by atoms with Gasteiger partial charge in [-0.15, -0.1) is 0 Å². The number of carbonyl (C=O) groups is 2. The van der Waals surface area contributed by atoms with Gasteiger partial charge in [0, 0.05) is 19.0 Å². The molecule has 5 heteroatoms. The predicted molar refractivity (Wildman–Crippen MR) is 125 cm³/mol. The van der Waals surface area contributed by atoms with Crippen LogP contribution in [0.2, 0.25) is 0 Å². The minimum atomic E-state index is -0.499. The van der Waals surface area contributed by atoms with Crippen LogP contribution in [0.15, 0.2) is 48.5 Å². The molecule has 168 valence electrons. The lowest BCUT2D eigenvalue weighted by molar-refractivity contribution is -0.141. The van der Waals surface area contributed by atoms with Crippen LogP contribution < -0.4 is 10.1 Å². The number of nitrogens with zero attached hydrogens (tertiary/aromatic N) is 1. The summed E-state index contributed by atoms with van der Waals surface area (Å²) in [6.07, 6.45) is 2.44. The highest BCUT2D eigenvalue weighted by atomic mass is 16.5. The third-order valence-corrected chi connectivity index (χ3v) is 5.65. The van der Waals surface area contributed by atoms with Gasteiger partial charge in [-0.05, 0) is 56.4 Å². The van der Waals surface area contributed by atoms with E-state index in [-0.39, 0.29) is 17.9 Å². The Morgan fingerprint density at radius 1 is 0.968 bits per heavy atom. The van der Waals surface area contributed by atoms with Gasteiger partial charge in [-0.3, -0.25) is 9.59 Å². The Kier molecular flexibility index (Phi) is 9.57. The molecule has 0 fully saturated rings. The number of aryl methyl sites for hydroxylation is 2. The molecular weight excluding hydrogens is 388 g/mol. The number of ether oxygens (including phenoxy) is 1. The molecule has 31 heavy (non-hydrogen) atoms. The molecule has 0 unspecified atom stereocenters. The molecule has 2 atom stereocenters. The molecule has 0 aliphatic rings. The lowest BCUT2D eigenvalue weighted by atomic mass is 10.0. The van der Waals surface area contributed by atoms with E-state index in [1.165, 1.54) is 5.56 Å². The first-order chi connectivity index (χ1) is 14.9. The Bertz CT molecular complexity index is 831. The predicted octanol–water partition coefficient (Wildman–Crippen LogP) is 4.66. The average molecular weight is 425 g/mol. The van der Waals surface area contributed by atoms with Crippen LogP contribution in [0.4, 0.5) is 0 Å². The summed E-state index contributed by atoms with van der Waals surface area (Å²) < 4.78 is 5.24. The quantitative estimate of drug-likeness (QED) is 0.571. The van der Waals surface area contributed by atoms with Gasteiger partial charge in [0.1, 0.15) is 11.8 Å². The summed E-state index contributed by atoms with van der Waals surface area (Å²) in [5.74, 6) is 0.666. The Balaban J connectivity index is 2.20. The van der Waals surface area contributed by atoms with Crippen molar-refractivity contribution in [2.24, 2.45) is 0 Å². The minimum absolute atomic E-state index is 0.0115. The van der Waals surface area contributed by atoms with E-state index in [1.54, 1.807) is 12.0 Å². The van der Waals surface area contributed by atoms with E-state index in [1.807, 2.05) is 52.0 Å². The molecular formula is C26H36N2O3. The van der Waals surface area contributed by atoms with Crippen LogP contribution in [0.25, 0.3) is 0 Å². The first-order valence-electron chi connectivity index (χ1n) is 11.2. The number of hydrogen-bond acceptors (Lipinski definition) is 3. The van der Waals surface area contributed by atoms with Crippen molar-refractivity contribution in [2.45, 2.75) is 72.0 Å². The highest BCUT2D eigenvalue weighted by molar-refractivity contribution is 5.87. The Morgan fingerprint density at radius 3 is 2.13 bits per heavy atom. The molecule has 5 nitrogen and oxygen atoms in total. The number of carbonyl (C=O) groups excluding carboxylic acids is 2. The van der Waals surface area contributed by atoms with Gasteiger partial charge in [0.25, 0.3) is 0 Å². The molecule has 2 rings (SSSR count). The van der Waals surface area contributed by atoms with Crippen molar-refractivity contribution >= 4 is 11.8 Å². The molecule has 0 spiro atoms. The van der Waals surface area contributed by atoms with Gasteiger partial charge in [0.15, 0.2) is 0 Å². The number of amides is 2. The summed E-state index contributed by atoms with van der Waals surface area (Å²) in [5.41, 5.74) is 3.30. The third-order valence-electron chi connectivity index (χ3n) is 5.65. The maximum absolute atomic E-state index is 13.3. The zero-order valence-electron chi connectivity index (χ0n) is 19.5. The van der Waals surface area contributed by atoms with E-state index in [4.69, 9.17) is 4.74 Å². The smallest absolute Gasteiger partial charge is 0.243 e. The van der Waals surface area contributed by atoms with Crippen LogP contribution in [-0.2, 0) is 22.6 Å². The van der Waals surface area contributed by atoms with Crippen LogP contribution in [0.5, 0.6) is 5.75 Å². The van der Waals surface area contributed by atoms with Gasteiger partial charge < -0.3 is 15.0 Å². The molecule has 0 bridgehead atoms. The van der Waals surface area contributed by atoms with Crippen LogP contribution in [-0.4, -0.2) is 35.9 Å². The lowest BCUT2D eigenvalue weighted by Crippen LogP contribution is -2.50. The zero-order chi connectivity index (χ0) is 22.8. The molecule has 0 radical (unpaired) electrons. The molecule has 2 amide bonds. The number of rotatable bonds is 11. The molecule has 0 saturated heterocycles. The van der Waals surface area contributed by atoms with Gasteiger partial charge >= 0.3 is 0 Å². The number of hydrogen-bond donors (Lipinski definition) is 1. The largest absolute Gasteiger partial charge is 0.497 e. The highest BCUT2D eigenvalue weighted by Gasteiger charge is 2.29. The Hall–Kier alpha value is -2.82. The fourth-order valence-electron chi connectivity index (χ4n) is 3.44. The van der Waals surface area contributed by atoms with Crippen LogP contribution in [0.1, 0.15) is 56.7 Å². The topological polar surface area (TPSA) is 58.6 Å². The monoisotopic (exact) mass is 424 g/mol. The maximum Gasteiger partial charge on any atom is 0.243 e. The SMILES string of the molecule is CC[C@H](C)NC(=O)[C@H](CC)N(Cc1ccc(OC)cc1)C(=O)CCc1ccc(C)cc1. The first-order valence-corrected chi connectivity index (χ1v) is 11.2. The average Bonchev–Trinajstić information content (AvgIpc) is 2.78. The zero-order valence-corrected chi connectivity index (χ0v) is 19.5. The molecule has 0 aliphatic carbocycles. The highest BCUT2D eigenvalue weighted by Crippen LogP contribution is 2.18. The Morgan fingerprint density at radius 2 is 1.58 bits per heavy atom. The van der Waals surface area contributed by atoms with Gasteiger partial charge in [-0.2, -0.15) is 0 Å². The van der Waals surface area contributed by atoms with Crippen LogP contribution in [0.3, 0.4) is 0 Å². The van der Waals surface area contributed by atoms with Crippen molar-refractivity contribution in [1.29, 1.82) is 0 Å². The lowest BCUT2D eigenvalue weighted by Gasteiger charge is -2.31. The van der Waals surface area contributed by atoms with E-state index in [0.29, 0.717) is 25.8 Å². The minimum Gasteiger partial charge on any atom is -0.497 e. The van der Waals surface area contributed by atoms with Crippen molar-refractivity contribution < 1.29 is 14.3 Å². The second-order valence-electron chi connectivity index (χ2n) is 8.10. The van der Waals surface area contributed by atoms with Gasteiger partial charge in [-0.25, -0.2) is 0 Å². The molecule has 2 aromatic carbocycles. The van der Waals surface area contributed by atoms with E-state index >= 15 is 0 Å². The Labute approximate surface area is 186 Å². The molecule has 1 N–H and O–H groups in total. The fraction of sp³-hybridized carbons (Fsp3) is 0.462. The van der Waals surface area contributed by atoms with Gasteiger partial charge in [0.05, 0.1) is 7.11 Å². The van der Waals surface area contributed by atoms with Gasteiger partial charge in [-0.1, -0.05) is 55.8 Å². The van der Waals surface area contributed by atoms with E-state index in [9.17, 15) is 9.59 Å². The fourth-order valence-corrected chi connectivity index (χ4v) is 3.44. The van der Waals surface area contributed by atoms with E-state index in [0.717, 1.165) is 23.3 Å². The summed E-state index contributed by atoms with van der Waals surface area (Å²) in [6, 6.07) is 15.5.